The Hall–Kier alpha value is -0.870. The van der Waals surface area contributed by atoms with E-state index in [1.54, 1.807) is 5.57 Å². The first kappa shape index (κ1) is 18.2. The van der Waals surface area contributed by atoms with Gasteiger partial charge in [0.25, 0.3) is 0 Å². The molecule has 5 rings (SSSR count). The van der Waals surface area contributed by atoms with Crippen LogP contribution in [0.3, 0.4) is 0 Å². The number of allylic oxidation sites excluding steroid dienone is 1. The number of esters is 1. The Kier molecular flexibility index (Phi) is 4.08. The highest BCUT2D eigenvalue weighted by Crippen LogP contribution is 2.67. The largest absolute Gasteiger partial charge is 0.469 e. The first-order valence-electron chi connectivity index (χ1n) is 11.2. The van der Waals surface area contributed by atoms with Crippen LogP contribution in [0.1, 0.15) is 65.2 Å². The van der Waals surface area contributed by atoms with Crippen LogP contribution in [0.15, 0.2) is 11.6 Å². The van der Waals surface area contributed by atoms with Crippen LogP contribution >= 0.6 is 0 Å². The summed E-state index contributed by atoms with van der Waals surface area (Å²) in [5.74, 6) is 2.27. The standard InChI is InChI=1S/C23H35NO3/c1-14-13-24-20-17-6-4-5-15(17)7-8-18(20)22(2,26)23(12-10-19(25)27-3)11-9-16(14)21(23)24/h6,14-16,18,20-21,26H,4-5,7-13H2,1-3H3/t14-,15-,16-,18+,20+,21+,22+,23+/m0/s1. The predicted octanol–water partition coefficient (Wildman–Crippen LogP) is 3.54. The van der Waals surface area contributed by atoms with Gasteiger partial charge in [-0.3, -0.25) is 9.69 Å². The number of hydrogen-bond acceptors (Lipinski definition) is 4. The van der Waals surface area contributed by atoms with Gasteiger partial charge in [0.15, 0.2) is 0 Å². The molecule has 4 heteroatoms. The third-order valence-electron chi connectivity index (χ3n) is 9.49. The number of ether oxygens (including phenoxy) is 1. The second-order valence-corrected chi connectivity index (χ2v) is 10.3. The molecule has 0 aromatic rings. The van der Waals surface area contributed by atoms with Crippen molar-refractivity contribution < 1.29 is 14.6 Å². The van der Waals surface area contributed by atoms with Crippen LogP contribution in [0.2, 0.25) is 0 Å². The molecule has 5 aliphatic rings. The Bertz CT molecular complexity index is 671. The van der Waals surface area contributed by atoms with E-state index in [0.29, 0.717) is 36.3 Å². The van der Waals surface area contributed by atoms with Crippen molar-refractivity contribution in [1.29, 1.82) is 0 Å². The van der Waals surface area contributed by atoms with Crippen LogP contribution in [0.25, 0.3) is 0 Å². The van der Waals surface area contributed by atoms with Gasteiger partial charge in [0.2, 0.25) is 0 Å². The third-order valence-corrected chi connectivity index (χ3v) is 9.49. The number of carbonyl (C=O) groups excluding carboxylic acids is 1. The van der Waals surface area contributed by atoms with Gasteiger partial charge in [0, 0.05) is 36.4 Å². The third kappa shape index (κ3) is 2.26. The van der Waals surface area contributed by atoms with Gasteiger partial charge in [0.1, 0.15) is 0 Å². The summed E-state index contributed by atoms with van der Waals surface area (Å²) in [5.41, 5.74) is 0.775. The zero-order valence-electron chi connectivity index (χ0n) is 17.1. The molecule has 4 nitrogen and oxygen atoms in total. The Labute approximate surface area is 163 Å². The van der Waals surface area contributed by atoms with Gasteiger partial charge in [-0.1, -0.05) is 18.6 Å². The number of piperidine rings is 1. The Balaban J connectivity index is 1.58. The van der Waals surface area contributed by atoms with E-state index in [-0.39, 0.29) is 11.4 Å². The van der Waals surface area contributed by atoms with Gasteiger partial charge in [-0.2, -0.15) is 0 Å². The van der Waals surface area contributed by atoms with Gasteiger partial charge in [-0.05, 0) is 69.6 Å². The quantitative estimate of drug-likeness (QED) is 0.607. The topological polar surface area (TPSA) is 49.8 Å². The fourth-order valence-electron chi connectivity index (χ4n) is 8.28. The number of methoxy groups -OCH3 is 1. The molecule has 2 saturated carbocycles. The molecule has 0 spiro atoms. The molecule has 0 unspecified atom stereocenters. The van der Waals surface area contributed by atoms with Crippen LogP contribution in [0, 0.1) is 29.1 Å². The monoisotopic (exact) mass is 373 g/mol. The first-order valence-corrected chi connectivity index (χ1v) is 11.2. The summed E-state index contributed by atoms with van der Waals surface area (Å²) < 4.78 is 4.97. The Morgan fingerprint density at radius 3 is 2.93 bits per heavy atom. The number of rotatable bonds is 3. The predicted molar refractivity (Wildman–Crippen MR) is 104 cm³/mol. The molecular weight excluding hydrogens is 338 g/mol. The van der Waals surface area contributed by atoms with E-state index in [1.807, 2.05) is 0 Å². The SMILES string of the molecule is COC(=O)CC[C@@]12CC[C@H]3[C@@H](C)CN([C@@H]4C5=CCC[C@H]5CC[C@H]4[C@@]1(C)O)[C@H]32. The van der Waals surface area contributed by atoms with E-state index < -0.39 is 5.60 Å². The normalized spacial score (nSPS) is 50.7. The minimum Gasteiger partial charge on any atom is -0.469 e. The lowest BCUT2D eigenvalue weighted by molar-refractivity contribution is -0.203. The molecular formula is C23H35NO3. The molecule has 1 N–H and O–H groups in total. The fraction of sp³-hybridized carbons (Fsp3) is 0.870. The lowest BCUT2D eigenvalue weighted by Crippen LogP contribution is -2.71. The van der Waals surface area contributed by atoms with Crippen LogP contribution in [0.4, 0.5) is 0 Å². The molecule has 4 fully saturated rings. The van der Waals surface area contributed by atoms with Crippen LogP contribution < -0.4 is 0 Å². The van der Waals surface area contributed by atoms with E-state index in [4.69, 9.17) is 4.74 Å². The second kappa shape index (κ2) is 6.06. The molecule has 27 heavy (non-hydrogen) atoms. The number of hydrogen-bond donors (Lipinski definition) is 1. The zero-order valence-corrected chi connectivity index (χ0v) is 17.1. The van der Waals surface area contributed by atoms with Gasteiger partial charge in [0.05, 0.1) is 12.7 Å². The summed E-state index contributed by atoms with van der Waals surface area (Å²) >= 11 is 0. The average Bonchev–Trinajstić information content (AvgIpc) is 3.34. The van der Waals surface area contributed by atoms with E-state index in [1.165, 1.54) is 32.8 Å². The Morgan fingerprint density at radius 1 is 1.33 bits per heavy atom. The average molecular weight is 374 g/mol. The van der Waals surface area contributed by atoms with Gasteiger partial charge < -0.3 is 9.84 Å². The maximum Gasteiger partial charge on any atom is 0.305 e. The smallest absolute Gasteiger partial charge is 0.305 e. The van der Waals surface area contributed by atoms with Gasteiger partial charge >= 0.3 is 5.97 Å². The lowest BCUT2D eigenvalue weighted by Gasteiger charge is -2.63. The van der Waals surface area contributed by atoms with Crippen molar-refractivity contribution in [2.75, 3.05) is 13.7 Å². The number of fused-ring (bicyclic) bond motifs is 4. The fourth-order valence-corrected chi connectivity index (χ4v) is 8.28. The van der Waals surface area contributed by atoms with Crippen molar-refractivity contribution >= 4 is 5.97 Å². The second-order valence-electron chi connectivity index (χ2n) is 10.3. The van der Waals surface area contributed by atoms with Crippen molar-refractivity contribution in [1.82, 2.24) is 4.90 Å². The molecule has 150 valence electrons. The van der Waals surface area contributed by atoms with Crippen LogP contribution in [0.5, 0.6) is 0 Å². The van der Waals surface area contributed by atoms with Crippen molar-refractivity contribution in [2.45, 2.75) is 82.9 Å². The molecule has 2 saturated heterocycles. The summed E-state index contributed by atoms with van der Waals surface area (Å²) in [7, 11) is 1.48. The van der Waals surface area contributed by atoms with E-state index >= 15 is 0 Å². The summed E-state index contributed by atoms with van der Waals surface area (Å²) in [6, 6.07) is 0.858. The zero-order chi connectivity index (χ0) is 19.0. The van der Waals surface area contributed by atoms with Crippen molar-refractivity contribution in [3.63, 3.8) is 0 Å². The molecule has 2 heterocycles. The van der Waals surface area contributed by atoms with E-state index in [2.05, 4.69) is 24.8 Å². The maximum absolute atomic E-state index is 12.1. The number of carbonyl (C=O) groups is 1. The van der Waals surface area contributed by atoms with Crippen molar-refractivity contribution in [3.8, 4) is 0 Å². The van der Waals surface area contributed by atoms with E-state index in [9.17, 15) is 9.90 Å². The summed E-state index contributed by atoms with van der Waals surface area (Å²) in [5, 5.41) is 12.1. The summed E-state index contributed by atoms with van der Waals surface area (Å²) in [4.78, 5) is 14.8. The van der Waals surface area contributed by atoms with Gasteiger partial charge in [-0.15, -0.1) is 0 Å². The molecule has 2 aliphatic heterocycles. The minimum atomic E-state index is -0.708. The number of aliphatic hydroxyl groups is 1. The highest BCUT2D eigenvalue weighted by atomic mass is 16.5. The molecule has 0 radical (unpaired) electrons. The maximum atomic E-state index is 12.1. The van der Waals surface area contributed by atoms with Crippen molar-refractivity contribution in [2.24, 2.45) is 29.1 Å². The highest BCUT2D eigenvalue weighted by Gasteiger charge is 2.70. The lowest BCUT2D eigenvalue weighted by atomic mass is 9.52. The molecule has 0 bridgehead atoms. The summed E-state index contributed by atoms with van der Waals surface area (Å²) in [6.45, 7) is 5.70. The minimum absolute atomic E-state index is 0.134. The molecule has 0 amide bonds. The molecule has 3 aliphatic carbocycles. The number of nitrogens with zero attached hydrogens (tertiary/aromatic N) is 1. The van der Waals surface area contributed by atoms with Crippen LogP contribution in [-0.2, 0) is 9.53 Å². The van der Waals surface area contributed by atoms with E-state index in [0.717, 1.165) is 31.7 Å². The summed E-state index contributed by atoms with van der Waals surface area (Å²) in [6.07, 6.45) is 10.8. The molecule has 0 aromatic heterocycles. The Morgan fingerprint density at radius 2 is 2.15 bits per heavy atom. The van der Waals surface area contributed by atoms with Crippen molar-refractivity contribution in [3.05, 3.63) is 11.6 Å². The molecule has 0 aromatic carbocycles. The van der Waals surface area contributed by atoms with Gasteiger partial charge in [-0.25, -0.2) is 0 Å². The highest BCUT2D eigenvalue weighted by molar-refractivity contribution is 5.69. The van der Waals surface area contributed by atoms with Crippen LogP contribution in [-0.4, -0.2) is 47.3 Å². The molecule has 8 atom stereocenters. The first-order chi connectivity index (χ1) is 12.9.